The number of hydrogen-bond donors (Lipinski definition) is 1. The van der Waals surface area contributed by atoms with Crippen molar-refractivity contribution in [2.24, 2.45) is 0 Å². The molecule has 1 fully saturated rings. The molecule has 0 unspecified atom stereocenters. The topological polar surface area (TPSA) is 66.7 Å². The molecule has 6 heteroatoms. The molecular weight excluding hydrogens is 352 g/mol. The number of rotatable bonds is 5. The molecule has 2 aromatic heterocycles. The van der Waals surface area contributed by atoms with Crippen LogP contribution in [-0.4, -0.2) is 33.3 Å². The summed E-state index contributed by atoms with van der Waals surface area (Å²) in [6.07, 6.45) is 6.78. The summed E-state index contributed by atoms with van der Waals surface area (Å²) in [5.41, 5.74) is 2.52. The highest BCUT2D eigenvalue weighted by Crippen LogP contribution is 2.16. The molecule has 0 bridgehead atoms. The lowest BCUT2D eigenvalue weighted by molar-refractivity contribution is 0.0948. The first-order valence-corrected chi connectivity index (χ1v) is 9.76. The molecule has 28 heavy (non-hydrogen) atoms. The first-order chi connectivity index (χ1) is 13.7. The van der Waals surface area contributed by atoms with Gasteiger partial charge < -0.3 is 5.32 Å². The lowest BCUT2D eigenvalue weighted by Crippen LogP contribution is -2.32. The summed E-state index contributed by atoms with van der Waals surface area (Å²) in [4.78, 5) is 31.8. The molecule has 0 aliphatic carbocycles. The fraction of sp³-hybridized carbons (Fsp3) is 0.318. The van der Waals surface area contributed by atoms with Crippen LogP contribution in [0.3, 0.4) is 0 Å². The Balaban J connectivity index is 1.48. The van der Waals surface area contributed by atoms with Crippen LogP contribution in [0.2, 0.25) is 0 Å². The summed E-state index contributed by atoms with van der Waals surface area (Å²) in [7, 11) is 0. The molecule has 1 aliphatic heterocycles. The third-order valence-corrected chi connectivity index (χ3v) is 5.26. The summed E-state index contributed by atoms with van der Waals surface area (Å²) in [5, 5.41) is 2.89. The van der Waals surface area contributed by atoms with E-state index in [1.165, 1.54) is 35.4 Å². The van der Waals surface area contributed by atoms with Crippen LogP contribution in [0.4, 0.5) is 0 Å². The average Bonchev–Trinajstić information content (AvgIpc) is 2.74. The summed E-state index contributed by atoms with van der Waals surface area (Å²) < 4.78 is 1.39. The molecule has 1 aliphatic rings. The first-order valence-electron chi connectivity index (χ1n) is 9.76. The van der Waals surface area contributed by atoms with Gasteiger partial charge in [-0.3, -0.25) is 18.9 Å². The number of aromatic nitrogens is 2. The SMILES string of the molecule is O=C(NCc1ccccc1CN1CCCCC1)c1cnc2ccccn2c1=O. The van der Waals surface area contributed by atoms with E-state index in [4.69, 9.17) is 0 Å². The van der Waals surface area contributed by atoms with Gasteiger partial charge in [0, 0.05) is 25.5 Å². The molecule has 0 spiro atoms. The zero-order valence-corrected chi connectivity index (χ0v) is 15.8. The van der Waals surface area contributed by atoms with Crippen LogP contribution in [0.15, 0.2) is 59.7 Å². The summed E-state index contributed by atoms with van der Waals surface area (Å²) >= 11 is 0. The number of carbonyl (C=O) groups is 1. The number of likely N-dealkylation sites (tertiary alicyclic amines) is 1. The van der Waals surface area contributed by atoms with Gasteiger partial charge in [-0.2, -0.15) is 0 Å². The molecule has 1 N–H and O–H groups in total. The van der Waals surface area contributed by atoms with Crippen molar-refractivity contribution in [1.29, 1.82) is 0 Å². The highest BCUT2D eigenvalue weighted by molar-refractivity contribution is 5.93. The van der Waals surface area contributed by atoms with Crippen molar-refractivity contribution in [2.45, 2.75) is 32.4 Å². The second-order valence-electron chi connectivity index (χ2n) is 7.19. The molecule has 3 heterocycles. The smallest absolute Gasteiger partial charge is 0.270 e. The Kier molecular flexibility index (Phi) is 5.48. The van der Waals surface area contributed by atoms with Gasteiger partial charge in [-0.1, -0.05) is 36.8 Å². The number of carbonyl (C=O) groups excluding carboxylic acids is 1. The lowest BCUT2D eigenvalue weighted by atomic mass is 10.0. The molecular formula is C22H24N4O2. The van der Waals surface area contributed by atoms with Crippen molar-refractivity contribution in [3.05, 3.63) is 81.9 Å². The third kappa shape index (κ3) is 3.97. The van der Waals surface area contributed by atoms with Gasteiger partial charge in [-0.15, -0.1) is 0 Å². The van der Waals surface area contributed by atoms with Crippen LogP contribution in [-0.2, 0) is 13.1 Å². The maximum atomic E-state index is 12.6. The lowest BCUT2D eigenvalue weighted by Gasteiger charge is -2.27. The quantitative estimate of drug-likeness (QED) is 0.743. The van der Waals surface area contributed by atoms with Gasteiger partial charge >= 0.3 is 0 Å². The Morgan fingerprint density at radius 2 is 1.75 bits per heavy atom. The van der Waals surface area contributed by atoms with Crippen LogP contribution in [0, 0.1) is 0 Å². The van der Waals surface area contributed by atoms with E-state index in [1.54, 1.807) is 24.4 Å². The molecule has 144 valence electrons. The Hall–Kier alpha value is -2.99. The average molecular weight is 376 g/mol. The zero-order chi connectivity index (χ0) is 19.3. The van der Waals surface area contributed by atoms with Gasteiger partial charge in [0.25, 0.3) is 11.5 Å². The largest absolute Gasteiger partial charge is 0.348 e. The van der Waals surface area contributed by atoms with Gasteiger partial charge in [-0.25, -0.2) is 4.98 Å². The first kappa shape index (κ1) is 18.4. The van der Waals surface area contributed by atoms with Gasteiger partial charge in [-0.05, 0) is 49.2 Å². The molecule has 4 rings (SSSR count). The van der Waals surface area contributed by atoms with Gasteiger partial charge in [0.15, 0.2) is 0 Å². The summed E-state index contributed by atoms with van der Waals surface area (Å²) in [5.74, 6) is -0.400. The Bertz CT molecular complexity index is 1040. The Labute approximate surface area is 163 Å². The maximum absolute atomic E-state index is 12.6. The Morgan fingerprint density at radius 1 is 1.00 bits per heavy atom. The van der Waals surface area contributed by atoms with E-state index in [0.29, 0.717) is 12.2 Å². The van der Waals surface area contributed by atoms with E-state index in [-0.39, 0.29) is 11.1 Å². The van der Waals surface area contributed by atoms with E-state index in [1.807, 2.05) is 18.2 Å². The molecule has 3 aromatic rings. The van der Waals surface area contributed by atoms with Gasteiger partial charge in [0.05, 0.1) is 0 Å². The van der Waals surface area contributed by atoms with E-state index in [2.05, 4.69) is 21.3 Å². The van der Waals surface area contributed by atoms with E-state index in [0.717, 1.165) is 25.2 Å². The standard InChI is InChI=1S/C22H24N4O2/c27-21(19-15-23-20-10-4-7-13-26(20)22(19)28)24-14-17-8-2-3-9-18(17)16-25-11-5-1-6-12-25/h2-4,7-10,13,15H,1,5-6,11-12,14,16H2,(H,24,27). The number of amides is 1. The number of fused-ring (bicyclic) bond motifs is 1. The fourth-order valence-electron chi connectivity index (χ4n) is 3.70. The fourth-order valence-corrected chi connectivity index (χ4v) is 3.70. The number of piperidine rings is 1. The van der Waals surface area contributed by atoms with Crippen LogP contribution in [0.5, 0.6) is 0 Å². The van der Waals surface area contributed by atoms with Crippen molar-refractivity contribution in [2.75, 3.05) is 13.1 Å². The molecule has 1 saturated heterocycles. The van der Waals surface area contributed by atoms with Crippen molar-refractivity contribution in [1.82, 2.24) is 19.6 Å². The van der Waals surface area contributed by atoms with E-state index < -0.39 is 5.91 Å². The van der Waals surface area contributed by atoms with Crippen LogP contribution < -0.4 is 10.9 Å². The van der Waals surface area contributed by atoms with Crippen molar-refractivity contribution < 1.29 is 4.79 Å². The van der Waals surface area contributed by atoms with Crippen molar-refractivity contribution >= 4 is 11.6 Å². The number of hydrogen-bond acceptors (Lipinski definition) is 4. The summed E-state index contributed by atoms with van der Waals surface area (Å²) in [6.45, 7) is 3.53. The van der Waals surface area contributed by atoms with Crippen molar-refractivity contribution in [3.63, 3.8) is 0 Å². The molecule has 0 radical (unpaired) electrons. The molecule has 6 nitrogen and oxygen atoms in total. The molecule has 0 saturated carbocycles. The minimum absolute atomic E-state index is 0.0530. The van der Waals surface area contributed by atoms with Crippen molar-refractivity contribution in [3.8, 4) is 0 Å². The van der Waals surface area contributed by atoms with E-state index >= 15 is 0 Å². The normalized spacial score (nSPS) is 14.9. The monoisotopic (exact) mass is 376 g/mol. The van der Waals surface area contributed by atoms with Gasteiger partial charge in [0.2, 0.25) is 0 Å². The minimum atomic E-state index is -0.400. The number of nitrogens with zero attached hydrogens (tertiary/aromatic N) is 3. The van der Waals surface area contributed by atoms with E-state index in [9.17, 15) is 9.59 Å². The van der Waals surface area contributed by atoms with Crippen LogP contribution in [0.25, 0.3) is 5.65 Å². The summed E-state index contributed by atoms with van der Waals surface area (Å²) in [6, 6.07) is 13.4. The molecule has 0 atom stereocenters. The zero-order valence-electron chi connectivity index (χ0n) is 15.8. The highest BCUT2D eigenvalue weighted by atomic mass is 16.2. The molecule has 1 amide bonds. The second kappa shape index (κ2) is 8.35. The number of benzene rings is 1. The maximum Gasteiger partial charge on any atom is 0.270 e. The predicted octanol–water partition coefficient (Wildman–Crippen LogP) is 2.61. The highest BCUT2D eigenvalue weighted by Gasteiger charge is 2.15. The second-order valence-corrected chi connectivity index (χ2v) is 7.19. The Morgan fingerprint density at radius 3 is 2.57 bits per heavy atom. The predicted molar refractivity (Wildman–Crippen MR) is 108 cm³/mol. The minimum Gasteiger partial charge on any atom is -0.348 e. The van der Waals surface area contributed by atoms with Crippen LogP contribution >= 0.6 is 0 Å². The van der Waals surface area contributed by atoms with Gasteiger partial charge in [0.1, 0.15) is 11.2 Å². The third-order valence-electron chi connectivity index (χ3n) is 5.26. The number of nitrogens with one attached hydrogen (secondary N) is 1. The molecule has 1 aromatic carbocycles. The van der Waals surface area contributed by atoms with Crippen LogP contribution in [0.1, 0.15) is 40.7 Å². The number of pyridine rings is 1.